The van der Waals surface area contributed by atoms with E-state index >= 15 is 0 Å². The summed E-state index contributed by atoms with van der Waals surface area (Å²) in [6.45, 7) is 5.97. The number of aromatic nitrogens is 1. The zero-order valence-electron chi connectivity index (χ0n) is 15.1. The summed E-state index contributed by atoms with van der Waals surface area (Å²) in [7, 11) is 0. The van der Waals surface area contributed by atoms with Crippen LogP contribution in [0.3, 0.4) is 0 Å². The summed E-state index contributed by atoms with van der Waals surface area (Å²) >= 11 is 0. The van der Waals surface area contributed by atoms with Crippen LogP contribution in [0, 0.1) is 19.7 Å². The van der Waals surface area contributed by atoms with Crippen molar-refractivity contribution in [3.63, 3.8) is 0 Å². The lowest BCUT2D eigenvalue weighted by Crippen LogP contribution is -2.30. The maximum absolute atomic E-state index is 13.1. The number of aryl methyl sites for hydroxylation is 2. The fourth-order valence-electron chi connectivity index (χ4n) is 3.13. The number of carbonyl (C=O) groups excluding carboxylic acids is 1. The van der Waals surface area contributed by atoms with Crippen LogP contribution in [0.1, 0.15) is 29.2 Å². The van der Waals surface area contributed by atoms with Crippen LogP contribution in [0.25, 0.3) is 10.9 Å². The van der Waals surface area contributed by atoms with Crippen molar-refractivity contribution in [2.45, 2.75) is 33.9 Å². The molecular weight excluding hydrogens is 331 g/mol. The van der Waals surface area contributed by atoms with E-state index in [9.17, 15) is 14.0 Å². The number of benzene rings is 2. The number of amides is 1. The lowest BCUT2D eigenvalue weighted by Gasteiger charge is -2.21. The molecule has 0 radical (unpaired) electrons. The van der Waals surface area contributed by atoms with E-state index in [0.29, 0.717) is 12.1 Å². The quantitative estimate of drug-likeness (QED) is 0.776. The molecule has 1 N–H and O–H groups in total. The van der Waals surface area contributed by atoms with Gasteiger partial charge in [-0.2, -0.15) is 0 Å². The number of fused-ring (bicyclic) bond motifs is 1. The fraction of sp³-hybridized carbons (Fsp3) is 0.238. The van der Waals surface area contributed by atoms with Gasteiger partial charge in [0.15, 0.2) is 0 Å². The molecule has 0 atom stereocenters. The summed E-state index contributed by atoms with van der Waals surface area (Å²) in [6.07, 6.45) is 0. The normalized spacial score (nSPS) is 10.9. The van der Waals surface area contributed by atoms with Crippen LogP contribution in [0.4, 0.5) is 4.39 Å². The number of nitrogens with zero attached hydrogens (tertiary/aromatic N) is 1. The van der Waals surface area contributed by atoms with Crippen molar-refractivity contribution in [2.24, 2.45) is 0 Å². The van der Waals surface area contributed by atoms with E-state index in [0.717, 1.165) is 27.6 Å². The van der Waals surface area contributed by atoms with Crippen molar-refractivity contribution in [3.8, 4) is 0 Å². The standard InChI is InChI=1S/C21H21FN2O2/c1-13-8-14(2)19-10-17(21(26)23-20(19)9-13)12-24(15(3)25)11-16-4-6-18(22)7-5-16/h4-10H,11-12H2,1-3H3,(H,23,26). The summed E-state index contributed by atoms with van der Waals surface area (Å²) in [5.41, 5.74) is 4.09. The predicted molar refractivity (Wildman–Crippen MR) is 100 cm³/mol. The Kier molecular flexibility index (Phi) is 4.89. The second-order valence-corrected chi connectivity index (χ2v) is 6.67. The van der Waals surface area contributed by atoms with Gasteiger partial charge in [-0.05, 0) is 54.8 Å². The molecule has 0 saturated carbocycles. The van der Waals surface area contributed by atoms with E-state index in [1.165, 1.54) is 19.1 Å². The van der Waals surface area contributed by atoms with Gasteiger partial charge in [0.1, 0.15) is 5.82 Å². The monoisotopic (exact) mass is 352 g/mol. The van der Waals surface area contributed by atoms with Crippen molar-refractivity contribution in [3.05, 3.63) is 80.9 Å². The summed E-state index contributed by atoms with van der Waals surface area (Å²) in [5, 5.41) is 0.968. The molecule has 3 rings (SSSR count). The van der Waals surface area contributed by atoms with Gasteiger partial charge in [0, 0.05) is 29.9 Å². The van der Waals surface area contributed by atoms with Crippen molar-refractivity contribution >= 4 is 16.8 Å². The first-order valence-electron chi connectivity index (χ1n) is 8.46. The number of carbonyl (C=O) groups is 1. The third-order valence-corrected chi connectivity index (χ3v) is 4.48. The SMILES string of the molecule is CC(=O)N(Cc1ccc(F)cc1)Cc1cc2c(C)cc(C)cc2[nH]c1=O. The highest BCUT2D eigenvalue weighted by Crippen LogP contribution is 2.19. The Hall–Kier alpha value is -2.95. The van der Waals surface area contributed by atoms with Crippen LogP contribution in [-0.2, 0) is 17.9 Å². The van der Waals surface area contributed by atoms with Gasteiger partial charge in [0.25, 0.3) is 5.56 Å². The minimum absolute atomic E-state index is 0.144. The minimum atomic E-state index is -0.320. The van der Waals surface area contributed by atoms with Gasteiger partial charge < -0.3 is 9.88 Å². The van der Waals surface area contributed by atoms with Crippen LogP contribution >= 0.6 is 0 Å². The molecule has 0 aliphatic heterocycles. The third kappa shape index (κ3) is 3.82. The van der Waals surface area contributed by atoms with E-state index in [1.54, 1.807) is 17.0 Å². The molecule has 0 aliphatic carbocycles. The lowest BCUT2D eigenvalue weighted by molar-refractivity contribution is -0.130. The Labute approximate surface area is 151 Å². The molecule has 26 heavy (non-hydrogen) atoms. The van der Waals surface area contributed by atoms with Crippen molar-refractivity contribution in [1.29, 1.82) is 0 Å². The number of nitrogens with one attached hydrogen (secondary N) is 1. The van der Waals surface area contributed by atoms with Crippen LogP contribution in [0.5, 0.6) is 0 Å². The molecule has 4 nitrogen and oxygen atoms in total. The van der Waals surface area contributed by atoms with Gasteiger partial charge in [-0.1, -0.05) is 18.2 Å². The van der Waals surface area contributed by atoms with Gasteiger partial charge in [0.05, 0.1) is 6.54 Å². The van der Waals surface area contributed by atoms with Crippen LogP contribution in [-0.4, -0.2) is 15.8 Å². The molecule has 0 bridgehead atoms. The Bertz CT molecular complexity index is 1020. The van der Waals surface area contributed by atoms with Crippen LogP contribution in [0.15, 0.2) is 47.3 Å². The van der Waals surface area contributed by atoms with Gasteiger partial charge in [0.2, 0.25) is 5.91 Å². The van der Waals surface area contributed by atoms with Gasteiger partial charge >= 0.3 is 0 Å². The summed E-state index contributed by atoms with van der Waals surface area (Å²) in [5.74, 6) is -0.464. The van der Waals surface area contributed by atoms with E-state index in [2.05, 4.69) is 11.1 Å². The molecule has 2 aromatic carbocycles. The van der Waals surface area contributed by atoms with Gasteiger partial charge in [-0.15, -0.1) is 0 Å². The molecule has 134 valence electrons. The number of halogens is 1. The van der Waals surface area contributed by atoms with E-state index in [4.69, 9.17) is 0 Å². The predicted octanol–water partition coefficient (Wildman–Crippen LogP) is 3.83. The largest absolute Gasteiger partial charge is 0.334 e. The molecule has 0 fully saturated rings. The fourth-order valence-corrected chi connectivity index (χ4v) is 3.13. The summed E-state index contributed by atoms with van der Waals surface area (Å²) in [4.78, 5) is 29.0. The zero-order chi connectivity index (χ0) is 18.8. The molecule has 1 heterocycles. The number of hydrogen-bond acceptors (Lipinski definition) is 2. The molecular formula is C21H21FN2O2. The highest BCUT2D eigenvalue weighted by atomic mass is 19.1. The van der Waals surface area contributed by atoms with E-state index in [-0.39, 0.29) is 23.8 Å². The van der Waals surface area contributed by atoms with E-state index in [1.807, 2.05) is 26.0 Å². The van der Waals surface area contributed by atoms with Crippen LogP contribution < -0.4 is 5.56 Å². The average Bonchev–Trinajstić information content (AvgIpc) is 2.57. The minimum Gasteiger partial charge on any atom is -0.334 e. The first-order chi connectivity index (χ1) is 12.3. The Morgan fingerprint density at radius 3 is 2.42 bits per heavy atom. The molecule has 5 heteroatoms. The zero-order valence-corrected chi connectivity index (χ0v) is 15.1. The van der Waals surface area contributed by atoms with Crippen LogP contribution in [0.2, 0.25) is 0 Å². The second kappa shape index (κ2) is 7.12. The highest BCUT2D eigenvalue weighted by molar-refractivity contribution is 5.83. The average molecular weight is 352 g/mol. The smallest absolute Gasteiger partial charge is 0.253 e. The number of H-pyrrole nitrogens is 1. The topological polar surface area (TPSA) is 53.2 Å². The number of pyridine rings is 1. The Morgan fingerprint density at radius 2 is 1.77 bits per heavy atom. The maximum Gasteiger partial charge on any atom is 0.253 e. The molecule has 0 spiro atoms. The molecule has 0 unspecified atom stereocenters. The molecule has 1 amide bonds. The molecule has 0 aliphatic rings. The summed E-state index contributed by atoms with van der Waals surface area (Å²) in [6, 6.07) is 11.9. The van der Waals surface area contributed by atoms with Crippen molar-refractivity contribution < 1.29 is 9.18 Å². The van der Waals surface area contributed by atoms with Crippen molar-refractivity contribution in [1.82, 2.24) is 9.88 Å². The van der Waals surface area contributed by atoms with Gasteiger partial charge in [-0.3, -0.25) is 9.59 Å². The molecule has 0 saturated heterocycles. The highest BCUT2D eigenvalue weighted by Gasteiger charge is 2.14. The maximum atomic E-state index is 13.1. The Morgan fingerprint density at radius 1 is 1.08 bits per heavy atom. The number of aromatic amines is 1. The first-order valence-corrected chi connectivity index (χ1v) is 8.46. The third-order valence-electron chi connectivity index (χ3n) is 4.48. The number of rotatable bonds is 4. The molecule has 1 aromatic heterocycles. The second-order valence-electron chi connectivity index (χ2n) is 6.67. The molecule has 3 aromatic rings. The summed E-state index contributed by atoms with van der Waals surface area (Å²) < 4.78 is 13.1. The lowest BCUT2D eigenvalue weighted by atomic mass is 10.0. The first kappa shape index (κ1) is 17.9. The van der Waals surface area contributed by atoms with Gasteiger partial charge in [-0.25, -0.2) is 4.39 Å². The van der Waals surface area contributed by atoms with Crippen molar-refractivity contribution in [2.75, 3.05) is 0 Å². The Balaban J connectivity index is 1.94. The van der Waals surface area contributed by atoms with E-state index < -0.39 is 0 Å². The number of hydrogen-bond donors (Lipinski definition) is 1.